The van der Waals surface area contributed by atoms with E-state index >= 15 is 0 Å². The van der Waals surface area contributed by atoms with E-state index in [2.05, 4.69) is 0 Å². The zero-order chi connectivity index (χ0) is 14.2. The molecule has 19 heavy (non-hydrogen) atoms. The van der Waals surface area contributed by atoms with Gasteiger partial charge in [0.05, 0.1) is 12.7 Å². The molecule has 1 aliphatic heterocycles. The van der Waals surface area contributed by atoms with Gasteiger partial charge in [-0.15, -0.1) is 0 Å². The highest BCUT2D eigenvalue weighted by atomic mass is 16.5. The molecule has 0 saturated carbocycles. The lowest BCUT2D eigenvalue weighted by atomic mass is 10.2. The lowest BCUT2D eigenvalue weighted by Gasteiger charge is -2.14. The Morgan fingerprint density at radius 2 is 2.21 bits per heavy atom. The Balaban J connectivity index is 2.41. The van der Waals surface area contributed by atoms with E-state index in [4.69, 9.17) is 14.9 Å². The zero-order valence-corrected chi connectivity index (χ0v) is 9.65. The highest BCUT2D eigenvalue weighted by Crippen LogP contribution is 2.27. The van der Waals surface area contributed by atoms with Crippen molar-refractivity contribution < 1.29 is 24.9 Å². The molecular weight excluding hydrogens is 260 g/mol. The number of carboxylic acids is 1. The van der Waals surface area contributed by atoms with Crippen LogP contribution in [-0.2, 0) is 4.74 Å². The summed E-state index contributed by atoms with van der Waals surface area (Å²) in [5, 5.41) is 27.3. The smallest absolute Gasteiger partial charge is 0.342 e. The first kappa shape index (κ1) is 13.5. The summed E-state index contributed by atoms with van der Waals surface area (Å²) in [6.45, 7) is -0.429. The predicted molar refractivity (Wildman–Crippen MR) is 59.9 cm³/mol. The maximum atomic E-state index is 11.6. The molecule has 1 aromatic heterocycles. The van der Waals surface area contributed by atoms with Gasteiger partial charge in [0.15, 0.2) is 0 Å². The number of nitrogens with zero attached hydrogens (tertiary/aromatic N) is 1. The maximum Gasteiger partial charge on any atom is 0.342 e. The van der Waals surface area contributed by atoms with Crippen LogP contribution >= 0.6 is 0 Å². The number of aliphatic hydroxyl groups is 2. The number of ether oxygens (including phenoxy) is 1. The van der Waals surface area contributed by atoms with E-state index < -0.39 is 47.8 Å². The van der Waals surface area contributed by atoms with Crippen LogP contribution in [0.15, 0.2) is 15.8 Å². The van der Waals surface area contributed by atoms with E-state index in [1.165, 1.54) is 0 Å². The van der Waals surface area contributed by atoms with Crippen molar-refractivity contribution in [2.24, 2.45) is 0 Å². The molecule has 4 N–H and O–H groups in total. The van der Waals surface area contributed by atoms with Crippen LogP contribution in [0.2, 0.25) is 0 Å². The second-order valence-corrected chi connectivity index (χ2v) is 4.13. The number of nitrogens with one attached hydrogen (secondary N) is 1. The molecule has 3 atom stereocenters. The maximum absolute atomic E-state index is 11.6. The Kier molecular flexibility index (Phi) is 3.51. The van der Waals surface area contributed by atoms with Crippen molar-refractivity contribution in [3.8, 4) is 0 Å². The van der Waals surface area contributed by atoms with Crippen molar-refractivity contribution in [3.63, 3.8) is 0 Å². The van der Waals surface area contributed by atoms with E-state index in [1.807, 2.05) is 4.98 Å². The van der Waals surface area contributed by atoms with Crippen LogP contribution in [0.1, 0.15) is 23.0 Å². The second kappa shape index (κ2) is 4.96. The molecule has 1 aliphatic rings. The molecule has 0 spiro atoms. The van der Waals surface area contributed by atoms with Crippen molar-refractivity contribution in [1.29, 1.82) is 0 Å². The molecule has 2 rings (SSSR count). The first-order chi connectivity index (χ1) is 8.93. The van der Waals surface area contributed by atoms with Crippen LogP contribution in [0, 0.1) is 0 Å². The van der Waals surface area contributed by atoms with Gasteiger partial charge in [0.2, 0.25) is 0 Å². The van der Waals surface area contributed by atoms with Crippen LogP contribution in [0.3, 0.4) is 0 Å². The molecule has 1 fully saturated rings. The lowest BCUT2D eigenvalue weighted by Crippen LogP contribution is -2.35. The molecular formula is C10H12N2O7. The molecule has 1 aromatic rings. The van der Waals surface area contributed by atoms with E-state index in [0.29, 0.717) is 0 Å². The zero-order valence-electron chi connectivity index (χ0n) is 9.65. The molecule has 9 nitrogen and oxygen atoms in total. The van der Waals surface area contributed by atoms with Gasteiger partial charge in [0.1, 0.15) is 17.9 Å². The Bertz CT molecular complexity index is 605. The predicted octanol–water partition coefficient (Wildman–Crippen LogP) is -2.12. The van der Waals surface area contributed by atoms with Gasteiger partial charge in [-0.05, 0) is 0 Å². The normalized spacial score (nSPS) is 26.5. The topological polar surface area (TPSA) is 142 Å². The van der Waals surface area contributed by atoms with Crippen LogP contribution in [0.25, 0.3) is 0 Å². The summed E-state index contributed by atoms with van der Waals surface area (Å²) in [5.74, 6) is -1.48. The van der Waals surface area contributed by atoms with Crippen LogP contribution < -0.4 is 11.2 Å². The summed E-state index contributed by atoms with van der Waals surface area (Å²) < 4.78 is 6.09. The van der Waals surface area contributed by atoms with E-state index in [9.17, 15) is 19.5 Å². The fraction of sp³-hybridized carbons (Fsp3) is 0.500. The van der Waals surface area contributed by atoms with Crippen LogP contribution in [-0.4, -0.2) is 49.7 Å². The van der Waals surface area contributed by atoms with Crippen molar-refractivity contribution in [2.75, 3.05) is 6.61 Å². The van der Waals surface area contributed by atoms with Gasteiger partial charge in [-0.1, -0.05) is 0 Å². The monoisotopic (exact) mass is 272 g/mol. The third kappa shape index (κ3) is 2.43. The number of rotatable bonds is 3. The Morgan fingerprint density at radius 3 is 2.74 bits per heavy atom. The summed E-state index contributed by atoms with van der Waals surface area (Å²) in [5.41, 5.74) is -2.46. The average molecular weight is 272 g/mol. The quantitative estimate of drug-likeness (QED) is 0.492. The SMILES string of the molecule is O=C(O)c1cn(C2C[C@@H](O)C(CO)O2)c(=O)[nH]c1=O. The first-order valence-electron chi connectivity index (χ1n) is 5.47. The summed E-state index contributed by atoms with van der Waals surface area (Å²) >= 11 is 0. The van der Waals surface area contributed by atoms with Crippen molar-refractivity contribution >= 4 is 5.97 Å². The van der Waals surface area contributed by atoms with Crippen molar-refractivity contribution in [2.45, 2.75) is 24.9 Å². The number of aromatic carboxylic acids is 1. The van der Waals surface area contributed by atoms with Gasteiger partial charge in [-0.2, -0.15) is 0 Å². The molecule has 0 amide bonds. The first-order valence-corrected chi connectivity index (χ1v) is 5.47. The molecule has 2 heterocycles. The molecule has 0 radical (unpaired) electrons. The Morgan fingerprint density at radius 1 is 1.53 bits per heavy atom. The molecule has 0 aliphatic carbocycles. The largest absolute Gasteiger partial charge is 0.477 e. The molecule has 0 bridgehead atoms. The standard InChI is InChI=1S/C10H12N2O7/c13-3-6-5(14)1-7(19-6)12-2-4(9(16)17)8(15)11-10(12)18/h2,5-7,13-14H,1,3H2,(H,16,17)(H,11,15,18)/t5-,6?,7?/m1/s1. The van der Waals surface area contributed by atoms with Gasteiger partial charge in [0, 0.05) is 12.6 Å². The van der Waals surface area contributed by atoms with Gasteiger partial charge in [-0.25, -0.2) is 9.59 Å². The average Bonchev–Trinajstić information content (AvgIpc) is 2.69. The minimum Gasteiger partial charge on any atom is -0.477 e. The fourth-order valence-corrected chi connectivity index (χ4v) is 1.90. The van der Waals surface area contributed by atoms with Crippen molar-refractivity contribution in [3.05, 3.63) is 32.6 Å². The number of aromatic amines is 1. The highest BCUT2D eigenvalue weighted by Gasteiger charge is 2.35. The Hall–Kier alpha value is -1.97. The second-order valence-electron chi connectivity index (χ2n) is 4.13. The Labute approximate surface area is 105 Å². The number of H-pyrrole nitrogens is 1. The lowest BCUT2D eigenvalue weighted by molar-refractivity contribution is -0.0460. The molecule has 104 valence electrons. The van der Waals surface area contributed by atoms with E-state index in [1.54, 1.807) is 0 Å². The fourth-order valence-electron chi connectivity index (χ4n) is 1.90. The summed E-state index contributed by atoms with van der Waals surface area (Å²) in [7, 11) is 0. The summed E-state index contributed by atoms with van der Waals surface area (Å²) in [6, 6.07) is 0. The third-order valence-corrected chi connectivity index (χ3v) is 2.89. The van der Waals surface area contributed by atoms with Gasteiger partial charge >= 0.3 is 11.7 Å². The number of hydrogen-bond acceptors (Lipinski definition) is 6. The van der Waals surface area contributed by atoms with Crippen LogP contribution in [0.5, 0.6) is 0 Å². The molecule has 1 saturated heterocycles. The van der Waals surface area contributed by atoms with E-state index in [-0.39, 0.29) is 6.42 Å². The van der Waals surface area contributed by atoms with Gasteiger partial charge < -0.3 is 20.1 Å². The molecule has 0 aromatic carbocycles. The number of aromatic nitrogens is 2. The summed E-state index contributed by atoms with van der Waals surface area (Å²) in [6.07, 6.45) is -1.88. The van der Waals surface area contributed by atoms with Gasteiger partial charge in [0.25, 0.3) is 5.56 Å². The minimum atomic E-state index is -1.48. The van der Waals surface area contributed by atoms with E-state index in [0.717, 1.165) is 10.8 Å². The number of carboxylic acid groups (broad SMARTS) is 1. The number of aliphatic hydroxyl groups excluding tert-OH is 2. The number of hydrogen-bond donors (Lipinski definition) is 4. The number of carbonyl (C=O) groups is 1. The summed E-state index contributed by atoms with van der Waals surface area (Å²) in [4.78, 5) is 35.5. The molecule has 2 unspecified atom stereocenters. The van der Waals surface area contributed by atoms with Gasteiger partial charge in [-0.3, -0.25) is 14.3 Å². The third-order valence-electron chi connectivity index (χ3n) is 2.89. The van der Waals surface area contributed by atoms with Crippen molar-refractivity contribution in [1.82, 2.24) is 9.55 Å². The highest BCUT2D eigenvalue weighted by molar-refractivity contribution is 5.86. The molecule has 9 heteroatoms. The van der Waals surface area contributed by atoms with Crippen LogP contribution in [0.4, 0.5) is 0 Å². The minimum absolute atomic E-state index is 0.0102.